The Morgan fingerprint density at radius 1 is 1.71 bits per heavy atom. The normalized spacial score (nSPS) is 24.0. The number of hydrogen-bond acceptors (Lipinski definition) is 4. The Morgan fingerprint density at radius 2 is 2.57 bits per heavy atom. The lowest BCUT2D eigenvalue weighted by Gasteiger charge is -2.32. The molecular formula is C10H17N3S. The van der Waals surface area contributed by atoms with E-state index in [0.717, 1.165) is 31.7 Å². The van der Waals surface area contributed by atoms with Crippen molar-refractivity contribution < 1.29 is 0 Å². The molecule has 3 nitrogen and oxygen atoms in total. The van der Waals surface area contributed by atoms with Gasteiger partial charge in [0, 0.05) is 43.2 Å². The SMILES string of the molecule is Cc1csc(CC2CNCCN2C)n1. The molecule has 1 aromatic heterocycles. The van der Waals surface area contributed by atoms with E-state index in [1.54, 1.807) is 11.3 Å². The topological polar surface area (TPSA) is 28.2 Å². The Bertz CT molecular complexity index is 297. The molecule has 78 valence electrons. The van der Waals surface area contributed by atoms with Crippen molar-refractivity contribution in [2.24, 2.45) is 0 Å². The van der Waals surface area contributed by atoms with Crippen molar-refractivity contribution in [3.05, 3.63) is 16.1 Å². The van der Waals surface area contributed by atoms with E-state index < -0.39 is 0 Å². The van der Waals surface area contributed by atoms with Gasteiger partial charge >= 0.3 is 0 Å². The van der Waals surface area contributed by atoms with E-state index >= 15 is 0 Å². The van der Waals surface area contributed by atoms with Crippen LogP contribution in [0.1, 0.15) is 10.7 Å². The van der Waals surface area contributed by atoms with Crippen LogP contribution in [-0.4, -0.2) is 42.6 Å². The molecule has 1 saturated heterocycles. The summed E-state index contributed by atoms with van der Waals surface area (Å²) in [5, 5.41) is 6.82. The number of piperazine rings is 1. The van der Waals surface area contributed by atoms with Crippen molar-refractivity contribution >= 4 is 11.3 Å². The summed E-state index contributed by atoms with van der Waals surface area (Å²) in [4.78, 5) is 6.93. The first-order valence-electron chi connectivity index (χ1n) is 5.07. The summed E-state index contributed by atoms with van der Waals surface area (Å²) in [5.74, 6) is 0. The number of thiazole rings is 1. The maximum atomic E-state index is 4.50. The molecule has 1 aromatic rings. The Hall–Kier alpha value is -0.450. The minimum atomic E-state index is 0.620. The fraction of sp³-hybridized carbons (Fsp3) is 0.700. The second kappa shape index (κ2) is 4.38. The predicted molar refractivity (Wildman–Crippen MR) is 59.8 cm³/mol. The van der Waals surface area contributed by atoms with Gasteiger partial charge in [-0.25, -0.2) is 4.98 Å². The molecule has 0 radical (unpaired) electrons. The molecule has 1 unspecified atom stereocenters. The third-order valence-corrected chi connectivity index (χ3v) is 3.71. The largest absolute Gasteiger partial charge is 0.314 e. The van der Waals surface area contributed by atoms with Crippen LogP contribution >= 0.6 is 11.3 Å². The number of aromatic nitrogens is 1. The number of nitrogens with zero attached hydrogens (tertiary/aromatic N) is 2. The van der Waals surface area contributed by atoms with Crippen molar-refractivity contribution in [2.75, 3.05) is 26.7 Å². The second-order valence-electron chi connectivity index (χ2n) is 3.93. The van der Waals surface area contributed by atoms with Crippen molar-refractivity contribution in [1.29, 1.82) is 0 Å². The first-order valence-corrected chi connectivity index (χ1v) is 5.95. The molecule has 2 rings (SSSR count). The van der Waals surface area contributed by atoms with E-state index in [-0.39, 0.29) is 0 Å². The summed E-state index contributed by atoms with van der Waals surface area (Å²) in [7, 11) is 2.20. The van der Waals surface area contributed by atoms with Crippen molar-refractivity contribution in [2.45, 2.75) is 19.4 Å². The smallest absolute Gasteiger partial charge is 0.0944 e. The summed E-state index contributed by atoms with van der Waals surface area (Å²) >= 11 is 1.78. The van der Waals surface area contributed by atoms with Crippen molar-refractivity contribution in [3.8, 4) is 0 Å². The highest BCUT2D eigenvalue weighted by Gasteiger charge is 2.19. The average Bonchev–Trinajstić information content (AvgIpc) is 2.56. The Morgan fingerprint density at radius 3 is 3.21 bits per heavy atom. The molecule has 1 atom stereocenters. The van der Waals surface area contributed by atoms with E-state index in [1.807, 2.05) is 0 Å². The maximum Gasteiger partial charge on any atom is 0.0944 e. The zero-order valence-electron chi connectivity index (χ0n) is 8.79. The predicted octanol–water partition coefficient (Wildman–Crippen LogP) is 0.898. The van der Waals surface area contributed by atoms with Crippen LogP contribution in [0, 0.1) is 6.92 Å². The lowest BCUT2D eigenvalue weighted by atomic mass is 10.1. The van der Waals surface area contributed by atoms with Crippen LogP contribution in [-0.2, 0) is 6.42 Å². The molecule has 0 aliphatic carbocycles. The Kier molecular flexibility index (Phi) is 3.15. The minimum Gasteiger partial charge on any atom is -0.314 e. The molecule has 14 heavy (non-hydrogen) atoms. The molecular weight excluding hydrogens is 194 g/mol. The van der Waals surface area contributed by atoms with Gasteiger partial charge in [-0.15, -0.1) is 11.3 Å². The van der Waals surface area contributed by atoms with Gasteiger partial charge in [0.1, 0.15) is 0 Å². The molecule has 0 bridgehead atoms. The van der Waals surface area contributed by atoms with Crippen LogP contribution in [0.2, 0.25) is 0 Å². The van der Waals surface area contributed by atoms with Gasteiger partial charge < -0.3 is 10.2 Å². The zero-order chi connectivity index (χ0) is 9.97. The van der Waals surface area contributed by atoms with Crippen molar-refractivity contribution in [1.82, 2.24) is 15.2 Å². The average molecular weight is 211 g/mol. The number of aryl methyl sites for hydroxylation is 1. The summed E-state index contributed by atoms with van der Waals surface area (Å²) < 4.78 is 0. The van der Waals surface area contributed by atoms with Crippen LogP contribution in [0.4, 0.5) is 0 Å². The number of hydrogen-bond donors (Lipinski definition) is 1. The van der Waals surface area contributed by atoms with Gasteiger partial charge in [0.15, 0.2) is 0 Å². The van der Waals surface area contributed by atoms with Gasteiger partial charge in [0.05, 0.1) is 5.01 Å². The third kappa shape index (κ3) is 2.32. The lowest BCUT2D eigenvalue weighted by molar-refractivity contribution is 0.199. The fourth-order valence-electron chi connectivity index (χ4n) is 1.79. The fourth-order valence-corrected chi connectivity index (χ4v) is 2.63. The molecule has 0 amide bonds. The molecule has 0 aromatic carbocycles. The lowest BCUT2D eigenvalue weighted by Crippen LogP contribution is -2.50. The van der Waals surface area contributed by atoms with Crippen LogP contribution in [0.5, 0.6) is 0 Å². The van der Waals surface area contributed by atoms with Gasteiger partial charge in [-0.05, 0) is 14.0 Å². The van der Waals surface area contributed by atoms with Gasteiger partial charge in [0.2, 0.25) is 0 Å². The van der Waals surface area contributed by atoms with E-state index in [1.165, 1.54) is 5.01 Å². The zero-order valence-corrected chi connectivity index (χ0v) is 9.60. The highest BCUT2D eigenvalue weighted by molar-refractivity contribution is 7.09. The van der Waals surface area contributed by atoms with Crippen LogP contribution in [0.15, 0.2) is 5.38 Å². The molecule has 1 fully saturated rings. The summed E-state index contributed by atoms with van der Waals surface area (Å²) in [6, 6.07) is 0.620. The van der Waals surface area contributed by atoms with Gasteiger partial charge in [-0.1, -0.05) is 0 Å². The first-order chi connectivity index (χ1) is 6.75. The first kappa shape index (κ1) is 10.1. The van der Waals surface area contributed by atoms with E-state index in [2.05, 4.69) is 34.6 Å². The third-order valence-electron chi connectivity index (χ3n) is 2.72. The monoisotopic (exact) mass is 211 g/mol. The number of nitrogens with one attached hydrogen (secondary N) is 1. The van der Waals surface area contributed by atoms with Gasteiger partial charge in [-0.3, -0.25) is 0 Å². The molecule has 0 spiro atoms. The number of likely N-dealkylation sites (N-methyl/N-ethyl adjacent to an activating group) is 1. The van der Waals surface area contributed by atoms with Gasteiger partial charge in [0.25, 0.3) is 0 Å². The molecule has 0 saturated carbocycles. The summed E-state index contributed by atoms with van der Waals surface area (Å²) in [5.41, 5.74) is 1.15. The van der Waals surface area contributed by atoms with E-state index in [0.29, 0.717) is 6.04 Å². The van der Waals surface area contributed by atoms with Crippen molar-refractivity contribution in [3.63, 3.8) is 0 Å². The molecule has 1 N–H and O–H groups in total. The Balaban J connectivity index is 1.95. The van der Waals surface area contributed by atoms with E-state index in [9.17, 15) is 0 Å². The molecule has 1 aliphatic heterocycles. The van der Waals surface area contributed by atoms with Crippen LogP contribution in [0.3, 0.4) is 0 Å². The highest BCUT2D eigenvalue weighted by atomic mass is 32.1. The second-order valence-corrected chi connectivity index (χ2v) is 4.87. The highest BCUT2D eigenvalue weighted by Crippen LogP contribution is 2.13. The molecule has 4 heteroatoms. The standard InChI is InChI=1S/C10H17N3S/c1-8-7-14-10(12-8)5-9-6-11-3-4-13(9)2/h7,9,11H,3-6H2,1-2H3. The van der Waals surface area contributed by atoms with E-state index in [4.69, 9.17) is 0 Å². The van der Waals surface area contributed by atoms with Crippen LogP contribution < -0.4 is 5.32 Å². The van der Waals surface area contributed by atoms with Gasteiger partial charge in [-0.2, -0.15) is 0 Å². The summed E-state index contributed by atoms with van der Waals surface area (Å²) in [6.45, 7) is 5.41. The Labute approximate surface area is 89.1 Å². The minimum absolute atomic E-state index is 0.620. The molecule has 2 heterocycles. The maximum absolute atomic E-state index is 4.50. The quantitative estimate of drug-likeness (QED) is 0.788. The number of rotatable bonds is 2. The molecule has 1 aliphatic rings. The summed E-state index contributed by atoms with van der Waals surface area (Å²) in [6.07, 6.45) is 1.09. The van der Waals surface area contributed by atoms with Crippen LogP contribution in [0.25, 0.3) is 0 Å².